The lowest BCUT2D eigenvalue weighted by Gasteiger charge is -2.12. The molecule has 1 heterocycles. The zero-order valence-corrected chi connectivity index (χ0v) is 12.2. The van der Waals surface area contributed by atoms with Gasteiger partial charge in [-0.05, 0) is 13.0 Å². The molecule has 0 amide bonds. The van der Waals surface area contributed by atoms with E-state index >= 15 is 0 Å². The SMILES string of the molecule is COCCNCc1cnc(C)n1Cc1cccc(F)c1F. The van der Waals surface area contributed by atoms with Crippen LogP contribution >= 0.6 is 0 Å². The number of nitrogens with one attached hydrogen (secondary N) is 1. The zero-order valence-electron chi connectivity index (χ0n) is 12.2. The molecule has 114 valence electrons. The molecule has 21 heavy (non-hydrogen) atoms. The highest BCUT2D eigenvalue weighted by Gasteiger charge is 2.12. The van der Waals surface area contributed by atoms with Crippen molar-refractivity contribution in [1.82, 2.24) is 14.9 Å². The third-order valence-electron chi connectivity index (χ3n) is 3.29. The van der Waals surface area contributed by atoms with Crippen molar-refractivity contribution in [3.8, 4) is 0 Å². The minimum absolute atomic E-state index is 0.261. The van der Waals surface area contributed by atoms with E-state index in [1.807, 2.05) is 11.5 Å². The molecule has 4 nitrogen and oxygen atoms in total. The Balaban J connectivity index is 2.12. The fourth-order valence-corrected chi connectivity index (χ4v) is 2.10. The highest BCUT2D eigenvalue weighted by molar-refractivity contribution is 5.21. The molecule has 0 saturated carbocycles. The van der Waals surface area contributed by atoms with Crippen molar-refractivity contribution in [3.05, 3.63) is 53.1 Å². The van der Waals surface area contributed by atoms with Gasteiger partial charge in [0.25, 0.3) is 0 Å². The predicted molar refractivity (Wildman–Crippen MR) is 76.0 cm³/mol. The third-order valence-corrected chi connectivity index (χ3v) is 3.29. The first-order valence-corrected chi connectivity index (χ1v) is 6.77. The number of benzene rings is 1. The zero-order chi connectivity index (χ0) is 15.2. The molecule has 0 aliphatic heterocycles. The normalized spacial score (nSPS) is 11.0. The molecular weight excluding hydrogens is 276 g/mol. The largest absolute Gasteiger partial charge is 0.383 e. The number of ether oxygens (including phenoxy) is 1. The van der Waals surface area contributed by atoms with Crippen molar-refractivity contribution in [2.75, 3.05) is 20.3 Å². The van der Waals surface area contributed by atoms with Gasteiger partial charge in [0, 0.05) is 32.0 Å². The number of hydrogen-bond donors (Lipinski definition) is 1. The Morgan fingerprint density at radius 2 is 2.14 bits per heavy atom. The van der Waals surface area contributed by atoms with Crippen LogP contribution in [0.1, 0.15) is 17.1 Å². The number of hydrogen-bond acceptors (Lipinski definition) is 3. The van der Waals surface area contributed by atoms with E-state index in [0.29, 0.717) is 18.7 Å². The predicted octanol–water partition coefficient (Wildman–Crippen LogP) is 2.25. The number of nitrogens with zero attached hydrogens (tertiary/aromatic N) is 2. The molecule has 0 fully saturated rings. The average Bonchev–Trinajstić information content (AvgIpc) is 2.81. The third kappa shape index (κ3) is 3.86. The molecule has 2 rings (SSSR count). The van der Waals surface area contributed by atoms with Gasteiger partial charge in [0.1, 0.15) is 5.82 Å². The van der Waals surface area contributed by atoms with E-state index in [1.54, 1.807) is 19.4 Å². The van der Waals surface area contributed by atoms with Crippen LogP contribution in [0.2, 0.25) is 0 Å². The number of aromatic nitrogens is 2. The maximum atomic E-state index is 13.8. The molecule has 1 aromatic heterocycles. The van der Waals surface area contributed by atoms with E-state index in [9.17, 15) is 8.78 Å². The average molecular weight is 295 g/mol. The van der Waals surface area contributed by atoms with E-state index in [1.165, 1.54) is 6.07 Å². The second-order valence-electron chi connectivity index (χ2n) is 4.77. The Morgan fingerprint density at radius 3 is 2.90 bits per heavy atom. The van der Waals surface area contributed by atoms with Gasteiger partial charge in [-0.15, -0.1) is 0 Å². The van der Waals surface area contributed by atoms with Crippen LogP contribution < -0.4 is 5.32 Å². The second kappa shape index (κ2) is 7.28. The Bertz CT molecular complexity index is 599. The molecule has 2 aromatic rings. The lowest BCUT2D eigenvalue weighted by Crippen LogP contribution is -2.21. The van der Waals surface area contributed by atoms with Gasteiger partial charge < -0.3 is 14.6 Å². The van der Waals surface area contributed by atoms with Crippen LogP contribution in [0.3, 0.4) is 0 Å². The summed E-state index contributed by atoms with van der Waals surface area (Å²) in [6.07, 6.45) is 1.74. The van der Waals surface area contributed by atoms with E-state index in [0.717, 1.165) is 24.1 Å². The molecule has 0 bridgehead atoms. The molecule has 0 saturated heterocycles. The van der Waals surface area contributed by atoms with Crippen molar-refractivity contribution in [2.45, 2.75) is 20.0 Å². The van der Waals surface area contributed by atoms with Gasteiger partial charge >= 0.3 is 0 Å². The summed E-state index contributed by atoms with van der Waals surface area (Å²) in [4.78, 5) is 4.24. The molecule has 0 aliphatic carbocycles. The number of methoxy groups -OCH3 is 1. The summed E-state index contributed by atoms with van der Waals surface area (Å²) >= 11 is 0. The van der Waals surface area contributed by atoms with Crippen LogP contribution in [0, 0.1) is 18.6 Å². The molecule has 0 radical (unpaired) electrons. The van der Waals surface area contributed by atoms with Gasteiger partial charge in [0.15, 0.2) is 11.6 Å². The first-order valence-electron chi connectivity index (χ1n) is 6.77. The van der Waals surface area contributed by atoms with Gasteiger partial charge in [-0.25, -0.2) is 13.8 Å². The first kappa shape index (κ1) is 15.6. The second-order valence-corrected chi connectivity index (χ2v) is 4.77. The number of imidazole rings is 1. The number of halogens is 2. The lowest BCUT2D eigenvalue weighted by atomic mass is 10.2. The van der Waals surface area contributed by atoms with Crippen LogP contribution in [0.25, 0.3) is 0 Å². The van der Waals surface area contributed by atoms with Gasteiger partial charge in [0.2, 0.25) is 0 Å². The minimum Gasteiger partial charge on any atom is -0.383 e. The van der Waals surface area contributed by atoms with Crippen LogP contribution in [0.4, 0.5) is 8.78 Å². The van der Waals surface area contributed by atoms with Crippen molar-refractivity contribution in [3.63, 3.8) is 0 Å². The van der Waals surface area contributed by atoms with Crippen LogP contribution in [0.5, 0.6) is 0 Å². The number of rotatable bonds is 7. The van der Waals surface area contributed by atoms with E-state index in [2.05, 4.69) is 10.3 Å². The maximum Gasteiger partial charge on any atom is 0.163 e. The Morgan fingerprint density at radius 1 is 1.33 bits per heavy atom. The van der Waals surface area contributed by atoms with Gasteiger partial charge in [-0.1, -0.05) is 12.1 Å². The summed E-state index contributed by atoms with van der Waals surface area (Å²) in [5.41, 5.74) is 1.24. The molecule has 0 spiro atoms. The Hall–Kier alpha value is -1.79. The molecule has 1 aromatic carbocycles. The van der Waals surface area contributed by atoms with Crippen LogP contribution in [-0.4, -0.2) is 29.8 Å². The first-order chi connectivity index (χ1) is 10.1. The smallest absolute Gasteiger partial charge is 0.163 e. The highest BCUT2D eigenvalue weighted by atomic mass is 19.2. The lowest BCUT2D eigenvalue weighted by molar-refractivity contribution is 0.199. The maximum absolute atomic E-state index is 13.8. The van der Waals surface area contributed by atoms with Crippen molar-refractivity contribution in [2.24, 2.45) is 0 Å². The summed E-state index contributed by atoms with van der Waals surface area (Å²) in [6.45, 7) is 4.04. The van der Waals surface area contributed by atoms with E-state index in [-0.39, 0.29) is 6.54 Å². The molecule has 1 N–H and O–H groups in total. The summed E-state index contributed by atoms with van der Waals surface area (Å²) in [6, 6.07) is 4.21. The van der Waals surface area contributed by atoms with Gasteiger partial charge in [-0.2, -0.15) is 0 Å². The Labute approximate surface area is 122 Å². The summed E-state index contributed by atoms with van der Waals surface area (Å²) in [7, 11) is 1.64. The standard InChI is InChI=1S/C15H19F2N3O/c1-11-19-9-13(8-18-6-7-21-2)20(11)10-12-4-3-5-14(16)15(12)17/h3-5,9,18H,6-8,10H2,1-2H3. The highest BCUT2D eigenvalue weighted by Crippen LogP contribution is 2.15. The molecule has 0 unspecified atom stereocenters. The quantitative estimate of drug-likeness (QED) is 0.796. The van der Waals surface area contributed by atoms with Crippen LogP contribution in [0.15, 0.2) is 24.4 Å². The summed E-state index contributed by atoms with van der Waals surface area (Å²) < 4.78 is 33.9. The topological polar surface area (TPSA) is 39.1 Å². The fourth-order valence-electron chi connectivity index (χ4n) is 2.10. The summed E-state index contributed by atoms with van der Waals surface area (Å²) in [5.74, 6) is -0.865. The van der Waals surface area contributed by atoms with E-state index in [4.69, 9.17) is 4.74 Å². The van der Waals surface area contributed by atoms with Gasteiger partial charge in [-0.3, -0.25) is 0 Å². The molecule has 0 aliphatic rings. The fraction of sp³-hybridized carbons (Fsp3) is 0.400. The summed E-state index contributed by atoms with van der Waals surface area (Å²) in [5, 5.41) is 3.21. The van der Waals surface area contributed by atoms with Crippen LogP contribution in [-0.2, 0) is 17.8 Å². The van der Waals surface area contributed by atoms with E-state index < -0.39 is 11.6 Å². The molecular formula is C15H19F2N3O. The molecule has 6 heteroatoms. The molecule has 0 atom stereocenters. The number of aryl methyl sites for hydroxylation is 1. The minimum atomic E-state index is -0.829. The monoisotopic (exact) mass is 295 g/mol. The van der Waals surface area contributed by atoms with Crippen molar-refractivity contribution < 1.29 is 13.5 Å². The van der Waals surface area contributed by atoms with Crippen molar-refractivity contribution in [1.29, 1.82) is 0 Å². The van der Waals surface area contributed by atoms with Gasteiger partial charge in [0.05, 0.1) is 18.8 Å². The van der Waals surface area contributed by atoms with Crippen molar-refractivity contribution >= 4 is 0 Å². The Kier molecular flexibility index (Phi) is 5.41.